The number of aliphatic hydroxyl groups is 1. The minimum Gasteiger partial charge on any atom is -0.392 e. The van der Waals surface area contributed by atoms with Gasteiger partial charge in [-0.05, 0) is 12.0 Å². The Kier molecular flexibility index (Phi) is 5.79. The molecule has 0 unspecified atom stereocenters. The van der Waals surface area contributed by atoms with Gasteiger partial charge in [0.1, 0.15) is 0 Å². The number of hydrogen-bond donors (Lipinski definition) is 2. The fraction of sp³-hybridized carbons (Fsp3) is 0.591. The van der Waals surface area contributed by atoms with Crippen molar-refractivity contribution in [3.8, 4) is 0 Å². The lowest BCUT2D eigenvalue weighted by Gasteiger charge is -2.60. The van der Waals surface area contributed by atoms with E-state index in [1.807, 2.05) is 40.1 Å². The van der Waals surface area contributed by atoms with Gasteiger partial charge in [-0.25, -0.2) is 0 Å². The first kappa shape index (κ1) is 20.8. The number of β-amino-alcohol motifs (C(OH)–C–C–N with tert-alkyl or cyclic N) is 1. The van der Waals surface area contributed by atoms with Gasteiger partial charge < -0.3 is 20.2 Å². The number of hydrogen-bond acceptors (Lipinski definition) is 5. The van der Waals surface area contributed by atoms with Crippen molar-refractivity contribution in [2.45, 2.75) is 43.9 Å². The zero-order valence-electron chi connectivity index (χ0n) is 17.4. The third-order valence-corrected chi connectivity index (χ3v) is 6.50. The number of nitrogens with zero attached hydrogens (tertiary/aromatic N) is 3. The van der Waals surface area contributed by atoms with Gasteiger partial charge >= 0.3 is 0 Å². The van der Waals surface area contributed by atoms with Crippen molar-refractivity contribution in [1.82, 2.24) is 20.0 Å². The smallest absolute Gasteiger partial charge is 0.227 e. The van der Waals surface area contributed by atoms with Crippen molar-refractivity contribution in [3.63, 3.8) is 0 Å². The number of carbonyl (C=O) groups excluding carboxylic acids is 3. The lowest BCUT2D eigenvalue weighted by Crippen LogP contribution is -2.79. The minimum atomic E-state index is -0.393. The lowest BCUT2D eigenvalue weighted by molar-refractivity contribution is -0.161. The number of amides is 3. The van der Waals surface area contributed by atoms with Crippen LogP contribution in [0.25, 0.3) is 0 Å². The van der Waals surface area contributed by atoms with Crippen LogP contribution in [-0.2, 0) is 20.8 Å². The first-order valence-corrected chi connectivity index (χ1v) is 10.6. The first-order valence-electron chi connectivity index (χ1n) is 10.6. The Labute approximate surface area is 176 Å². The fourth-order valence-corrected chi connectivity index (χ4v) is 5.11. The summed E-state index contributed by atoms with van der Waals surface area (Å²) in [7, 11) is 0. The number of piperazine rings is 1. The highest BCUT2D eigenvalue weighted by atomic mass is 16.3. The molecule has 2 atom stereocenters. The number of nitrogens with one attached hydrogen (secondary N) is 1. The molecule has 3 amide bonds. The van der Waals surface area contributed by atoms with Crippen LogP contribution in [0.15, 0.2) is 30.3 Å². The molecule has 0 bridgehead atoms. The van der Waals surface area contributed by atoms with Crippen molar-refractivity contribution in [1.29, 1.82) is 0 Å². The number of fused-ring (bicyclic) bond motifs is 2. The van der Waals surface area contributed by atoms with Crippen molar-refractivity contribution in [2.24, 2.45) is 0 Å². The van der Waals surface area contributed by atoms with Crippen LogP contribution >= 0.6 is 0 Å². The summed E-state index contributed by atoms with van der Waals surface area (Å²) in [6, 6.07) is 9.83. The van der Waals surface area contributed by atoms with Crippen molar-refractivity contribution >= 4 is 17.7 Å². The summed E-state index contributed by atoms with van der Waals surface area (Å²) in [5.41, 5.74) is 0.715. The molecular formula is C22H30N4O4. The molecule has 3 aliphatic rings. The fourth-order valence-electron chi connectivity index (χ4n) is 5.11. The van der Waals surface area contributed by atoms with E-state index in [9.17, 15) is 19.5 Å². The van der Waals surface area contributed by atoms with Crippen LogP contribution in [0.1, 0.15) is 25.3 Å². The molecular weight excluding hydrogens is 384 g/mol. The zero-order chi connectivity index (χ0) is 21.3. The monoisotopic (exact) mass is 414 g/mol. The molecule has 30 heavy (non-hydrogen) atoms. The van der Waals surface area contributed by atoms with Gasteiger partial charge in [-0.1, -0.05) is 30.3 Å². The van der Waals surface area contributed by atoms with Gasteiger partial charge in [0.05, 0.1) is 18.1 Å². The maximum Gasteiger partial charge on any atom is 0.227 e. The quantitative estimate of drug-likeness (QED) is 0.685. The van der Waals surface area contributed by atoms with Gasteiger partial charge in [0.15, 0.2) is 0 Å². The molecule has 162 valence electrons. The average molecular weight is 415 g/mol. The second-order valence-electron chi connectivity index (χ2n) is 8.84. The van der Waals surface area contributed by atoms with Crippen LogP contribution in [0.3, 0.4) is 0 Å². The highest BCUT2D eigenvalue weighted by molar-refractivity contribution is 5.81. The number of rotatable bonds is 5. The third-order valence-electron chi connectivity index (χ3n) is 6.50. The Morgan fingerprint density at radius 2 is 1.77 bits per heavy atom. The summed E-state index contributed by atoms with van der Waals surface area (Å²) in [6.45, 7) is 4.68. The molecule has 1 aromatic rings. The molecule has 3 aliphatic heterocycles. The van der Waals surface area contributed by atoms with Crippen LogP contribution in [0.4, 0.5) is 0 Å². The van der Waals surface area contributed by atoms with Gasteiger partial charge in [-0.2, -0.15) is 0 Å². The summed E-state index contributed by atoms with van der Waals surface area (Å²) in [5, 5.41) is 12.9. The first-order chi connectivity index (χ1) is 14.4. The van der Waals surface area contributed by atoms with Crippen LogP contribution < -0.4 is 5.32 Å². The summed E-state index contributed by atoms with van der Waals surface area (Å²) in [5.74, 6) is -0.0370. The lowest BCUT2D eigenvalue weighted by atomic mass is 9.83. The highest BCUT2D eigenvalue weighted by Crippen LogP contribution is 2.39. The van der Waals surface area contributed by atoms with E-state index in [0.717, 1.165) is 5.56 Å². The molecule has 3 fully saturated rings. The highest BCUT2D eigenvalue weighted by Gasteiger charge is 2.57. The van der Waals surface area contributed by atoms with Crippen molar-refractivity contribution in [2.75, 3.05) is 39.3 Å². The number of carbonyl (C=O) groups is 3. The normalized spacial score (nSPS) is 25.0. The van der Waals surface area contributed by atoms with E-state index in [-0.39, 0.29) is 35.7 Å². The molecule has 0 aromatic heterocycles. The Morgan fingerprint density at radius 1 is 1.07 bits per heavy atom. The number of likely N-dealkylation sites (tertiary alicyclic amines) is 1. The molecule has 3 heterocycles. The molecule has 8 heteroatoms. The topological polar surface area (TPSA) is 93.2 Å². The molecule has 0 radical (unpaired) electrons. The number of aliphatic hydroxyl groups excluding tert-OH is 1. The van der Waals surface area contributed by atoms with E-state index in [0.29, 0.717) is 52.1 Å². The van der Waals surface area contributed by atoms with Gasteiger partial charge in [0, 0.05) is 58.7 Å². The van der Waals surface area contributed by atoms with Crippen molar-refractivity contribution in [3.05, 3.63) is 35.9 Å². The van der Waals surface area contributed by atoms with Crippen LogP contribution in [0.5, 0.6) is 0 Å². The van der Waals surface area contributed by atoms with E-state index >= 15 is 0 Å². The second kappa shape index (κ2) is 8.35. The summed E-state index contributed by atoms with van der Waals surface area (Å²) in [6.07, 6.45) is 0.898. The maximum absolute atomic E-state index is 12.7. The summed E-state index contributed by atoms with van der Waals surface area (Å²) in [4.78, 5) is 42.6. The average Bonchev–Trinajstić information content (AvgIpc) is 3.06. The Bertz CT molecular complexity index is 809. The van der Waals surface area contributed by atoms with E-state index in [4.69, 9.17) is 0 Å². The Morgan fingerprint density at radius 3 is 2.47 bits per heavy atom. The van der Waals surface area contributed by atoms with Crippen molar-refractivity contribution < 1.29 is 19.5 Å². The van der Waals surface area contributed by atoms with E-state index in [2.05, 4.69) is 10.2 Å². The predicted molar refractivity (Wildman–Crippen MR) is 110 cm³/mol. The van der Waals surface area contributed by atoms with Gasteiger partial charge in [-0.3, -0.25) is 19.3 Å². The Hall–Kier alpha value is -2.45. The molecule has 3 saturated heterocycles. The number of benzene rings is 1. The maximum atomic E-state index is 12.7. The van der Waals surface area contributed by atoms with E-state index < -0.39 is 6.10 Å². The van der Waals surface area contributed by atoms with Crippen LogP contribution in [-0.4, -0.2) is 94.5 Å². The van der Waals surface area contributed by atoms with Gasteiger partial charge in [0.2, 0.25) is 17.7 Å². The summed E-state index contributed by atoms with van der Waals surface area (Å²) < 4.78 is 0. The molecule has 1 spiro atoms. The van der Waals surface area contributed by atoms with Crippen LogP contribution in [0.2, 0.25) is 0 Å². The molecule has 1 aromatic carbocycles. The van der Waals surface area contributed by atoms with E-state index in [1.165, 1.54) is 6.92 Å². The molecule has 2 N–H and O–H groups in total. The third kappa shape index (κ3) is 4.20. The second-order valence-corrected chi connectivity index (χ2v) is 8.84. The SMILES string of the molecule is CC(=O)NCCC(=O)N1C[C@@H]2C[C@@H](O)CN2C2(C1)CN(C(=O)Cc1ccccc1)C2. The van der Waals surface area contributed by atoms with E-state index in [1.54, 1.807) is 0 Å². The van der Waals surface area contributed by atoms with Gasteiger partial charge in [-0.15, -0.1) is 0 Å². The summed E-state index contributed by atoms with van der Waals surface area (Å²) >= 11 is 0. The molecule has 4 rings (SSSR count). The minimum absolute atomic E-state index is 0.0122. The van der Waals surface area contributed by atoms with Crippen LogP contribution in [0, 0.1) is 0 Å². The Balaban J connectivity index is 1.40. The molecule has 0 saturated carbocycles. The zero-order valence-corrected chi connectivity index (χ0v) is 17.4. The predicted octanol–water partition coefficient (Wildman–Crippen LogP) is -0.386. The molecule has 8 nitrogen and oxygen atoms in total. The largest absolute Gasteiger partial charge is 0.392 e. The van der Waals surface area contributed by atoms with Gasteiger partial charge in [0.25, 0.3) is 0 Å². The standard InChI is InChI=1S/C22H30N4O4/c1-16(27)23-8-7-20(29)24-11-18-10-19(28)12-26(18)22(13-24)14-25(15-22)21(30)9-17-5-3-2-4-6-17/h2-6,18-19,28H,7-15H2,1H3,(H,23,27)/t18-,19+/m0/s1. The molecule has 0 aliphatic carbocycles.